The highest BCUT2D eigenvalue weighted by Crippen LogP contribution is 2.24. The summed E-state index contributed by atoms with van der Waals surface area (Å²) in [5, 5.41) is 14.9. The van der Waals surface area contributed by atoms with E-state index in [2.05, 4.69) is 36.6 Å². The Morgan fingerprint density at radius 3 is 2.81 bits per heavy atom. The molecule has 3 heterocycles. The third kappa shape index (κ3) is 3.72. The minimum absolute atomic E-state index is 0.230. The predicted octanol–water partition coefficient (Wildman–Crippen LogP) is 2.51. The van der Waals surface area contributed by atoms with Crippen molar-refractivity contribution in [2.75, 3.05) is 23.3 Å². The number of hydrogen-bond acceptors (Lipinski definition) is 8. The van der Waals surface area contributed by atoms with E-state index in [4.69, 9.17) is 10.2 Å². The summed E-state index contributed by atoms with van der Waals surface area (Å²) in [5.41, 5.74) is 3.52. The maximum absolute atomic E-state index is 8.77. The number of benzene rings is 1. The molecule has 0 unspecified atom stereocenters. The van der Waals surface area contributed by atoms with Gasteiger partial charge in [-0.25, -0.2) is 19.9 Å². The normalized spacial score (nSPS) is 14.7. The lowest BCUT2D eigenvalue weighted by atomic mass is 10.1. The quantitative estimate of drug-likeness (QED) is 0.540. The molecule has 2 N–H and O–H groups in total. The number of nitriles is 1. The van der Waals surface area contributed by atoms with Crippen LogP contribution in [0.3, 0.4) is 0 Å². The van der Waals surface area contributed by atoms with E-state index in [9.17, 15) is 0 Å². The summed E-state index contributed by atoms with van der Waals surface area (Å²) in [6.07, 6.45) is 7.05. The van der Waals surface area contributed by atoms with Crippen LogP contribution in [-0.4, -0.2) is 39.1 Å². The fourth-order valence-electron chi connectivity index (χ4n) is 3.26. The Kier molecular flexibility index (Phi) is 4.66. The van der Waals surface area contributed by atoms with E-state index in [0.717, 1.165) is 31.6 Å². The van der Waals surface area contributed by atoms with E-state index < -0.39 is 0 Å². The van der Waals surface area contributed by atoms with Crippen LogP contribution >= 0.6 is 0 Å². The van der Waals surface area contributed by atoms with Crippen molar-refractivity contribution >= 4 is 28.5 Å². The summed E-state index contributed by atoms with van der Waals surface area (Å²) < 4.78 is 0. The summed E-state index contributed by atoms with van der Waals surface area (Å²) in [4.78, 5) is 20.0. The molecule has 2 aromatic heterocycles. The molecule has 1 saturated heterocycles. The lowest BCUT2D eigenvalue weighted by Gasteiger charge is -2.31. The third-order valence-corrected chi connectivity index (χ3v) is 4.69. The smallest absolute Gasteiger partial charge is 0.226 e. The van der Waals surface area contributed by atoms with Crippen LogP contribution < -0.4 is 15.5 Å². The minimum atomic E-state index is 0.230. The van der Waals surface area contributed by atoms with Gasteiger partial charge in [-0.3, -0.25) is 0 Å². The van der Waals surface area contributed by atoms with Gasteiger partial charge >= 0.3 is 0 Å². The number of anilines is 3. The molecular formula is C19H20N8. The zero-order valence-electron chi connectivity index (χ0n) is 15.1. The third-order valence-electron chi connectivity index (χ3n) is 4.69. The van der Waals surface area contributed by atoms with Gasteiger partial charge in [0.15, 0.2) is 12.0 Å². The fourth-order valence-corrected chi connectivity index (χ4v) is 3.26. The number of nitrogens with one attached hydrogen (secondary N) is 2. The molecule has 0 atom stereocenters. The molecule has 3 aromatic rings. The van der Waals surface area contributed by atoms with Gasteiger partial charge in [-0.1, -0.05) is 12.1 Å². The largest absolute Gasteiger partial charge is 0.341 e. The van der Waals surface area contributed by atoms with Crippen LogP contribution in [0.1, 0.15) is 18.4 Å². The Bertz CT molecular complexity index is 988. The zero-order chi connectivity index (χ0) is 18.6. The Morgan fingerprint density at radius 2 is 2.04 bits per heavy atom. The van der Waals surface area contributed by atoms with Gasteiger partial charge in [0.05, 0.1) is 6.20 Å². The average molecular weight is 360 g/mol. The Balaban J connectivity index is 1.61. The molecule has 8 nitrogen and oxygen atoms in total. The van der Waals surface area contributed by atoms with E-state index in [1.165, 1.54) is 11.9 Å². The second-order valence-corrected chi connectivity index (χ2v) is 6.64. The van der Waals surface area contributed by atoms with Gasteiger partial charge in [-0.05, 0) is 37.5 Å². The lowest BCUT2D eigenvalue weighted by molar-refractivity contribution is 0.455. The van der Waals surface area contributed by atoms with Crippen LogP contribution in [0.4, 0.5) is 17.5 Å². The second-order valence-electron chi connectivity index (χ2n) is 6.64. The first-order valence-electron chi connectivity index (χ1n) is 8.94. The zero-order valence-corrected chi connectivity index (χ0v) is 15.1. The molecule has 0 aliphatic carbocycles. The van der Waals surface area contributed by atoms with Crippen molar-refractivity contribution in [1.82, 2.24) is 25.3 Å². The second kappa shape index (κ2) is 7.41. The summed E-state index contributed by atoms with van der Waals surface area (Å²) in [6, 6.07) is 8.34. The van der Waals surface area contributed by atoms with Crippen molar-refractivity contribution in [3.05, 3.63) is 42.4 Å². The lowest BCUT2D eigenvalue weighted by Crippen LogP contribution is -2.41. The average Bonchev–Trinajstić information content (AvgIpc) is 2.69. The van der Waals surface area contributed by atoms with E-state index >= 15 is 0 Å². The molecule has 0 saturated carbocycles. The van der Waals surface area contributed by atoms with Crippen molar-refractivity contribution in [2.24, 2.45) is 0 Å². The molecule has 0 bridgehead atoms. The fraction of sp³-hybridized carbons (Fsp3) is 0.316. The highest BCUT2D eigenvalue weighted by molar-refractivity contribution is 5.87. The molecule has 1 fully saturated rings. The minimum Gasteiger partial charge on any atom is -0.341 e. The Morgan fingerprint density at radius 1 is 1.19 bits per heavy atom. The monoisotopic (exact) mass is 360 g/mol. The molecule has 1 aromatic carbocycles. The maximum atomic E-state index is 8.77. The summed E-state index contributed by atoms with van der Waals surface area (Å²) >= 11 is 0. The topological polar surface area (TPSA) is 103 Å². The standard InChI is InChI=1S/C19H20N8/c1-13-3-2-4-15(9-13)25-18-17-16(23-12-24-18)10-21-19(26-17)27-7-5-14(6-8-27)22-11-20/h2-4,9-10,12,14,22H,5-8H2,1H3,(H,23,24,25). The maximum Gasteiger partial charge on any atom is 0.226 e. The molecular weight excluding hydrogens is 340 g/mol. The number of aromatic nitrogens is 4. The molecule has 0 amide bonds. The number of nitrogens with zero attached hydrogens (tertiary/aromatic N) is 6. The van der Waals surface area contributed by atoms with Crippen LogP contribution in [0.2, 0.25) is 0 Å². The van der Waals surface area contributed by atoms with E-state index in [-0.39, 0.29) is 6.04 Å². The van der Waals surface area contributed by atoms with Crippen molar-refractivity contribution in [2.45, 2.75) is 25.8 Å². The number of fused-ring (bicyclic) bond motifs is 1. The molecule has 1 aliphatic heterocycles. The molecule has 136 valence electrons. The van der Waals surface area contributed by atoms with E-state index in [1.807, 2.05) is 31.3 Å². The van der Waals surface area contributed by atoms with Crippen LogP contribution in [0, 0.1) is 18.4 Å². The van der Waals surface area contributed by atoms with Gasteiger partial charge in [0.25, 0.3) is 0 Å². The molecule has 0 spiro atoms. The molecule has 4 rings (SSSR count). The van der Waals surface area contributed by atoms with Crippen molar-refractivity contribution in [3.63, 3.8) is 0 Å². The summed E-state index contributed by atoms with van der Waals surface area (Å²) in [7, 11) is 0. The molecule has 27 heavy (non-hydrogen) atoms. The molecule has 0 radical (unpaired) electrons. The molecule has 1 aliphatic rings. The van der Waals surface area contributed by atoms with Gasteiger partial charge in [-0.15, -0.1) is 0 Å². The van der Waals surface area contributed by atoms with Gasteiger partial charge in [0, 0.05) is 24.8 Å². The van der Waals surface area contributed by atoms with E-state index in [1.54, 1.807) is 6.20 Å². The SMILES string of the molecule is Cc1cccc(Nc2ncnc3cnc(N4CCC(NC#N)CC4)nc23)c1. The van der Waals surface area contributed by atoms with Crippen molar-refractivity contribution in [1.29, 1.82) is 5.26 Å². The number of aryl methyl sites for hydroxylation is 1. The Labute approximate surface area is 157 Å². The van der Waals surface area contributed by atoms with Crippen molar-refractivity contribution < 1.29 is 0 Å². The van der Waals surface area contributed by atoms with Crippen LogP contribution in [0.5, 0.6) is 0 Å². The van der Waals surface area contributed by atoms with Crippen LogP contribution in [0.25, 0.3) is 11.0 Å². The number of hydrogen-bond donors (Lipinski definition) is 2. The summed E-state index contributed by atoms with van der Waals surface area (Å²) in [5.74, 6) is 1.33. The highest BCUT2D eigenvalue weighted by Gasteiger charge is 2.21. The molecule has 8 heteroatoms. The van der Waals surface area contributed by atoms with Gasteiger partial charge in [-0.2, -0.15) is 5.26 Å². The predicted molar refractivity (Wildman–Crippen MR) is 104 cm³/mol. The van der Waals surface area contributed by atoms with Crippen LogP contribution in [-0.2, 0) is 0 Å². The van der Waals surface area contributed by atoms with Gasteiger partial charge in [0.2, 0.25) is 5.95 Å². The highest BCUT2D eigenvalue weighted by atomic mass is 15.3. The van der Waals surface area contributed by atoms with Gasteiger partial charge in [0.1, 0.15) is 17.4 Å². The van der Waals surface area contributed by atoms with Crippen LogP contribution in [0.15, 0.2) is 36.8 Å². The summed E-state index contributed by atoms with van der Waals surface area (Å²) in [6.45, 7) is 3.66. The first-order valence-corrected chi connectivity index (χ1v) is 8.94. The Hall–Kier alpha value is -3.47. The van der Waals surface area contributed by atoms with E-state index in [0.29, 0.717) is 22.8 Å². The first-order chi connectivity index (χ1) is 13.2. The van der Waals surface area contributed by atoms with Gasteiger partial charge < -0.3 is 15.5 Å². The number of rotatable bonds is 4. The first kappa shape index (κ1) is 17.0. The number of piperidine rings is 1. The van der Waals surface area contributed by atoms with Crippen molar-refractivity contribution in [3.8, 4) is 6.19 Å².